The molecule has 0 unspecified atom stereocenters. The Kier molecular flexibility index (Phi) is 9.37. The molecule has 1 aliphatic rings. The second-order valence-corrected chi connectivity index (χ2v) is 11.0. The lowest BCUT2D eigenvalue weighted by molar-refractivity contribution is -0.222. The third kappa shape index (κ3) is 7.09. The van der Waals surface area contributed by atoms with E-state index in [2.05, 4.69) is 17.2 Å². The molecule has 232 valence electrons. The van der Waals surface area contributed by atoms with Crippen molar-refractivity contribution in [2.75, 3.05) is 18.5 Å². The molecule has 9 heteroatoms. The quantitative estimate of drug-likeness (QED) is 0.0820. The highest BCUT2D eigenvalue weighted by Gasteiger charge is 2.39. The zero-order valence-electron chi connectivity index (χ0n) is 25.8. The third-order valence-corrected chi connectivity index (χ3v) is 6.98. The Hall–Kier alpha value is -5.31. The maximum atomic E-state index is 12.1. The summed E-state index contributed by atoms with van der Waals surface area (Å²) in [6.45, 7) is 8.30. The Bertz CT molecular complexity index is 1940. The van der Waals surface area contributed by atoms with Gasteiger partial charge in [0, 0.05) is 32.3 Å². The molecule has 1 aromatic heterocycles. The highest BCUT2D eigenvalue weighted by Crippen LogP contribution is 2.32. The van der Waals surface area contributed by atoms with Crippen LogP contribution in [-0.4, -0.2) is 35.9 Å². The summed E-state index contributed by atoms with van der Waals surface area (Å²) in [6, 6.07) is 23.1. The highest BCUT2D eigenvalue weighted by molar-refractivity contribution is 6.15. The van der Waals surface area contributed by atoms with Crippen LogP contribution in [0.4, 0.5) is 5.69 Å². The summed E-state index contributed by atoms with van der Waals surface area (Å²) < 4.78 is 21.7. The van der Waals surface area contributed by atoms with E-state index in [1.165, 1.54) is 20.0 Å². The lowest BCUT2D eigenvalue weighted by atomic mass is 10.0. The van der Waals surface area contributed by atoms with Crippen LogP contribution in [0.15, 0.2) is 95.6 Å². The van der Waals surface area contributed by atoms with Gasteiger partial charge >= 0.3 is 11.9 Å². The number of pyridine rings is 1. The van der Waals surface area contributed by atoms with Gasteiger partial charge in [0.25, 0.3) is 5.79 Å². The number of hydrogen-bond donors (Lipinski definition) is 2. The minimum atomic E-state index is -1.26. The average Bonchev–Trinajstić information content (AvgIpc) is 3.02. The van der Waals surface area contributed by atoms with Gasteiger partial charge in [-0.15, -0.1) is 0 Å². The van der Waals surface area contributed by atoms with Gasteiger partial charge in [-0.2, -0.15) is 0 Å². The van der Waals surface area contributed by atoms with Crippen molar-refractivity contribution in [3.8, 4) is 11.5 Å². The Morgan fingerprint density at radius 2 is 1.36 bits per heavy atom. The summed E-state index contributed by atoms with van der Waals surface area (Å²) in [5.41, 5.74) is 1.25. The fraction of sp³-hybridized carbons (Fsp3) is 0.250. The van der Waals surface area contributed by atoms with E-state index in [1.54, 1.807) is 12.3 Å². The maximum Gasteiger partial charge on any atom is 0.350 e. The lowest BCUT2D eigenvalue weighted by Gasteiger charge is -2.29. The first-order valence-electron chi connectivity index (χ1n) is 15.0. The van der Waals surface area contributed by atoms with Gasteiger partial charge in [0.15, 0.2) is 11.0 Å². The van der Waals surface area contributed by atoms with Crippen molar-refractivity contribution in [1.29, 1.82) is 0 Å². The fourth-order valence-electron chi connectivity index (χ4n) is 4.92. The molecule has 6 rings (SSSR count). The molecule has 1 saturated heterocycles. The number of fused-ring (bicyclic) bond motifs is 4. The first-order valence-corrected chi connectivity index (χ1v) is 15.0. The number of rotatable bonds is 8. The molecule has 2 heterocycles. The number of aromatic nitrogens is 1. The summed E-state index contributed by atoms with van der Waals surface area (Å²) in [5.74, 6) is -1.33. The molecule has 0 spiro atoms. The van der Waals surface area contributed by atoms with Crippen molar-refractivity contribution in [2.45, 2.75) is 46.3 Å². The largest absolute Gasteiger partial charge is 0.491 e. The maximum absolute atomic E-state index is 12.1. The zero-order chi connectivity index (χ0) is 32.0. The molecule has 1 aliphatic heterocycles. The average molecular weight is 609 g/mol. The molecular weight excluding hydrogens is 572 g/mol. The van der Waals surface area contributed by atoms with Crippen molar-refractivity contribution in [1.82, 2.24) is 4.98 Å². The lowest BCUT2D eigenvalue weighted by Crippen LogP contribution is -2.42. The number of cyclic esters (lactones) is 2. The predicted octanol–water partition coefficient (Wildman–Crippen LogP) is 7.23. The van der Waals surface area contributed by atoms with Crippen LogP contribution in [-0.2, 0) is 19.1 Å². The number of anilines is 1. The van der Waals surface area contributed by atoms with E-state index in [1.807, 2.05) is 73.7 Å². The van der Waals surface area contributed by atoms with Gasteiger partial charge in [-0.1, -0.05) is 62.4 Å². The Labute approximate surface area is 260 Å². The van der Waals surface area contributed by atoms with Crippen molar-refractivity contribution >= 4 is 50.1 Å². The second-order valence-electron chi connectivity index (χ2n) is 11.0. The number of ether oxygens (including phenoxy) is 4. The molecule has 0 bridgehead atoms. The summed E-state index contributed by atoms with van der Waals surface area (Å²) in [4.78, 5) is 39.4. The van der Waals surface area contributed by atoms with E-state index < -0.39 is 17.7 Å². The highest BCUT2D eigenvalue weighted by atomic mass is 16.7. The monoisotopic (exact) mass is 608 g/mol. The molecule has 0 amide bonds. The van der Waals surface area contributed by atoms with E-state index in [4.69, 9.17) is 18.9 Å². The minimum absolute atomic E-state index is 0.0203. The SMILES string of the molecule is CCCOc1cc2ccccc2c2c(=O)cc[nH]c12.CCCOc1cc2ccccc2cc1NC=C1C(=O)OC(C)(C)OC1=O. The third-order valence-electron chi connectivity index (χ3n) is 6.98. The number of aromatic amines is 1. The zero-order valence-corrected chi connectivity index (χ0v) is 25.8. The molecule has 1 fully saturated rings. The van der Waals surface area contributed by atoms with Crippen molar-refractivity contribution < 1.29 is 28.5 Å². The van der Waals surface area contributed by atoms with Gasteiger partial charge in [-0.25, -0.2) is 9.59 Å². The van der Waals surface area contributed by atoms with Crippen LogP contribution in [0, 0.1) is 0 Å². The van der Waals surface area contributed by atoms with Crippen molar-refractivity contribution in [3.05, 3.63) is 101 Å². The Morgan fingerprint density at radius 3 is 2.02 bits per heavy atom. The smallest absolute Gasteiger partial charge is 0.350 e. The summed E-state index contributed by atoms with van der Waals surface area (Å²) in [5, 5.41) is 7.71. The van der Waals surface area contributed by atoms with E-state index in [0.717, 1.165) is 45.7 Å². The first-order chi connectivity index (χ1) is 21.7. The second kappa shape index (κ2) is 13.5. The van der Waals surface area contributed by atoms with Gasteiger partial charge in [-0.05, 0) is 52.6 Å². The van der Waals surface area contributed by atoms with E-state index in [-0.39, 0.29) is 11.0 Å². The summed E-state index contributed by atoms with van der Waals surface area (Å²) in [7, 11) is 0. The summed E-state index contributed by atoms with van der Waals surface area (Å²) in [6.07, 6.45) is 4.76. The number of H-pyrrole nitrogens is 1. The van der Waals surface area contributed by atoms with Crippen molar-refractivity contribution in [3.63, 3.8) is 0 Å². The van der Waals surface area contributed by atoms with Crippen LogP contribution in [0.3, 0.4) is 0 Å². The number of esters is 2. The molecule has 0 radical (unpaired) electrons. The van der Waals surface area contributed by atoms with Gasteiger partial charge in [-0.3, -0.25) is 4.79 Å². The molecule has 2 N–H and O–H groups in total. The standard InChI is InChI=1S/C20H21NO5.C16H15NO2/c1-4-9-24-17-11-14-8-6-5-7-13(14)10-16(17)21-12-15-18(22)25-20(2,3)26-19(15)23;1-2-9-19-14-10-11-5-3-4-6-12(11)15-13(18)7-8-17-16(14)15/h5-8,10-12,21H,4,9H2,1-3H3;3-8,10H,2,9H2,1H3,(H,17,18). The van der Waals surface area contributed by atoms with Crippen LogP contribution >= 0.6 is 0 Å². The van der Waals surface area contributed by atoms with E-state index >= 15 is 0 Å². The predicted molar refractivity (Wildman–Crippen MR) is 176 cm³/mol. The van der Waals surface area contributed by atoms with Gasteiger partial charge < -0.3 is 29.2 Å². The molecule has 4 aromatic carbocycles. The van der Waals surface area contributed by atoms with Gasteiger partial charge in [0.2, 0.25) is 0 Å². The topological polar surface area (TPSA) is 116 Å². The molecule has 45 heavy (non-hydrogen) atoms. The molecular formula is C36H36N2O7. The first kappa shape index (κ1) is 31.1. The minimum Gasteiger partial charge on any atom is -0.491 e. The molecule has 0 atom stereocenters. The van der Waals surface area contributed by atoms with E-state index in [0.29, 0.717) is 30.0 Å². The van der Waals surface area contributed by atoms with Crippen LogP contribution in [0.2, 0.25) is 0 Å². The van der Waals surface area contributed by atoms with Crippen LogP contribution in [0.5, 0.6) is 11.5 Å². The van der Waals surface area contributed by atoms with Crippen molar-refractivity contribution in [2.24, 2.45) is 0 Å². The number of hydrogen-bond acceptors (Lipinski definition) is 8. The number of carbonyl (C=O) groups excluding carboxylic acids is 2. The molecule has 5 aromatic rings. The van der Waals surface area contributed by atoms with Crippen LogP contribution in [0.25, 0.3) is 32.4 Å². The Balaban J connectivity index is 0.000000186. The molecule has 0 aliphatic carbocycles. The number of nitrogens with one attached hydrogen (secondary N) is 2. The fourth-order valence-corrected chi connectivity index (χ4v) is 4.92. The van der Waals surface area contributed by atoms with Gasteiger partial charge in [0.1, 0.15) is 11.5 Å². The van der Waals surface area contributed by atoms with E-state index in [9.17, 15) is 14.4 Å². The van der Waals surface area contributed by atoms with Crippen LogP contribution < -0.4 is 20.2 Å². The molecule has 0 saturated carbocycles. The Morgan fingerprint density at radius 1 is 0.778 bits per heavy atom. The van der Waals surface area contributed by atoms with Gasteiger partial charge in [0.05, 0.1) is 29.8 Å². The normalized spacial score (nSPS) is 13.9. The van der Waals surface area contributed by atoms with Crippen LogP contribution in [0.1, 0.15) is 40.5 Å². The number of benzene rings is 4. The summed E-state index contributed by atoms with van der Waals surface area (Å²) >= 11 is 0. The number of carbonyl (C=O) groups is 2. The molecule has 9 nitrogen and oxygen atoms in total.